The number of pyridine rings is 1. The molecule has 0 saturated heterocycles. The van der Waals surface area contributed by atoms with Gasteiger partial charge in [0.25, 0.3) is 5.91 Å². The summed E-state index contributed by atoms with van der Waals surface area (Å²) in [4.78, 5) is 28.9. The zero-order valence-electron chi connectivity index (χ0n) is 21.1. The van der Waals surface area contributed by atoms with Crippen molar-refractivity contribution in [2.24, 2.45) is 11.7 Å². The number of amides is 1. The van der Waals surface area contributed by atoms with Gasteiger partial charge in [-0.1, -0.05) is 26.5 Å². The Hall–Kier alpha value is -4.66. The SMILES string of the molecule is C=Cc1cc(CNc2ccc(C(=N)N)cc2)c(-c2ccc(C(=O)NCC(C)C)nc2C(=O)O)cc1OC. The van der Waals surface area contributed by atoms with Gasteiger partial charge in [0.15, 0.2) is 5.69 Å². The van der Waals surface area contributed by atoms with Crippen molar-refractivity contribution in [2.45, 2.75) is 20.4 Å². The number of amidine groups is 1. The summed E-state index contributed by atoms with van der Waals surface area (Å²) in [5.74, 6) is -0.937. The van der Waals surface area contributed by atoms with Gasteiger partial charge < -0.3 is 26.2 Å². The summed E-state index contributed by atoms with van der Waals surface area (Å²) >= 11 is 0. The molecule has 0 spiro atoms. The maximum atomic E-state index is 12.5. The Labute approximate surface area is 215 Å². The van der Waals surface area contributed by atoms with Gasteiger partial charge in [0.2, 0.25) is 0 Å². The van der Waals surface area contributed by atoms with Gasteiger partial charge in [0.1, 0.15) is 17.3 Å². The zero-order chi connectivity index (χ0) is 27.1. The number of carboxylic acid groups (broad SMARTS) is 1. The van der Waals surface area contributed by atoms with Crippen LogP contribution in [0, 0.1) is 11.3 Å². The lowest BCUT2D eigenvalue weighted by Gasteiger charge is -2.17. The molecule has 0 bridgehead atoms. The number of benzene rings is 2. The summed E-state index contributed by atoms with van der Waals surface area (Å²) in [5, 5.41) is 23.6. The van der Waals surface area contributed by atoms with E-state index in [0.717, 1.165) is 16.8 Å². The molecule has 0 aliphatic carbocycles. The van der Waals surface area contributed by atoms with Crippen molar-refractivity contribution < 1.29 is 19.4 Å². The monoisotopic (exact) mass is 501 g/mol. The number of ether oxygens (including phenoxy) is 1. The Morgan fingerprint density at radius 3 is 2.43 bits per heavy atom. The number of nitrogens with one attached hydrogen (secondary N) is 3. The Morgan fingerprint density at radius 2 is 1.86 bits per heavy atom. The minimum Gasteiger partial charge on any atom is -0.496 e. The molecule has 1 heterocycles. The van der Waals surface area contributed by atoms with Crippen molar-refractivity contribution >= 4 is 29.5 Å². The van der Waals surface area contributed by atoms with E-state index in [1.165, 1.54) is 13.2 Å². The summed E-state index contributed by atoms with van der Waals surface area (Å²) in [6.07, 6.45) is 1.66. The number of carboxylic acids is 1. The highest BCUT2D eigenvalue weighted by Crippen LogP contribution is 2.34. The number of methoxy groups -OCH3 is 1. The molecular weight excluding hydrogens is 470 g/mol. The van der Waals surface area contributed by atoms with E-state index >= 15 is 0 Å². The fourth-order valence-electron chi connectivity index (χ4n) is 3.70. The van der Waals surface area contributed by atoms with E-state index in [4.69, 9.17) is 15.9 Å². The number of hydrogen-bond donors (Lipinski definition) is 5. The highest BCUT2D eigenvalue weighted by molar-refractivity contribution is 5.99. The predicted molar refractivity (Wildman–Crippen MR) is 145 cm³/mol. The molecule has 9 heteroatoms. The number of rotatable bonds is 11. The lowest BCUT2D eigenvalue weighted by molar-refractivity contribution is 0.0691. The number of nitrogens with zero attached hydrogens (tertiary/aromatic N) is 1. The third-order valence-electron chi connectivity index (χ3n) is 5.65. The molecule has 3 aromatic rings. The van der Waals surface area contributed by atoms with Gasteiger partial charge in [-0.15, -0.1) is 0 Å². The van der Waals surface area contributed by atoms with Gasteiger partial charge in [-0.05, 0) is 65.6 Å². The predicted octanol–water partition coefficient (Wildman–Crippen LogP) is 4.38. The van der Waals surface area contributed by atoms with Gasteiger partial charge >= 0.3 is 5.97 Å². The molecule has 1 aromatic heterocycles. The molecular formula is C28H31N5O4. The van der Waals surface area contributed by atoms with Crippen molar-refractivity contribution in [3.05, 3.63) is 83.2 Å². The highest BCUT2D eigenvalue weighted by Gasteiger charge is 2.21. The van der Waals surface area contributed by atoms with Gasteiger partial charge in [0.05, 0.1) is 7.11 Å². The quantitative estimate of drug-likeness (QED) is 0.193. The van der Waals surface area contributed by atoms with Crippen LogP contribution >= 0.6 is 0 Å². The first kappa shape index (κ1) is 26.9. The maximum absolute atomic E-state index is 12.5. The average molecular weight is 502 g/mol. The van der Waals surface area contributed by atoms with Gasteiger partial charge in [-0.2, -0.15) is 0 Å². The normalized spacial score (nSPS) is 10.6. The summed E-state index contributed by atoms with van der Waals surface area (Å²) < 4.78 is 5.51. The Balaban J connectivity index is 2.04. The van der Waals surface area contributed by atoms with E-state index in [9.17, 15) is 14.7 Å². The Bertz CT molecular complexity index is 1330. The molecule has 0 aliphatic heterocycles. The van der Waals surface area contributed by atoms with E-state index in [1.807, 2.05) is 32.0 Å². The number of nitrogen functional groups attached to an aromatic ring is 1. The summed E-state index contributed by atoms with van der Waals surface area (Å²) in [6.45, 7) is 8.58. The molecule has 0 fully saturated rings. The molecule has 3 rings (SSSR count). The maximum Gasteiger partial charge on any atom is 0.355 e. The van der Waals surface area contributed by atoms with Crippen molar-refractivity contribution in [3.63, 3.8) is 0 Å². The van der Waals surface area contributed by atoms with Crippen LogP contribution in [-0.4, -0.2) is 41.5 Å². The second-order valence-corrected chi connectivity index (χ2v) is 8.80. The molecule has 1 amide bonds. The molecule has 0 atom stereocenters. The van der Waals surface area contributed by atoms with E-state index in [0.29, 0.717) is 35.5 Å². The summed E-state index contributed by atoms with van der Waals surface area (Å²) in [6, 6.07) is 13.8. The summed E-state index contributed by atoms with van der Waals surface area (Å²) in [7, 11) is 1.53. The van der Waals surface area contributed by atoms with Gasteiger partial charge in [0, 0.05) is 35.5 Å². The number of hydrogen-bond acceptors (Lipinski definition) is 6. The Morgan fingerprint density at radius 1 is 1.16 bits per heavy atom. The van der Waals surface area contributed by atoms with Crippen LogP contribution in [0.1, 0.15) is 51.5 Å². The van der Waals surface area contributed by atoms with Crippen LogP contribution in [0.5, 0.6) is 5.75 Å². The minimum absolute atomic E-state index is 0.0188. The van der Waals surface area contributed by atoms with Gasteiger partial charge in [-0.25, -0.2) is 9.78 Å². The second-order valence-electron chi connectivity index (χ2n) is 8.80. The van der Waals surface area contributed by atoms with Crippen LogP contribution in [-0.2, 0) is 6.54 Å². The van der Waals surface area contributed by atoms with E-state index in [2.05, 4.69) is 22.2 Å². The smallest absolute Gasteiger partial charge is 0.355 e. The van der Waals surface area contributed by atoms with Crippen molar-refractivity contribution in [3.8, 4) is 16.9 Å². The Kier molecular flexibility index (Phi) is 8.63. The first-order chi connectivity index (χ1) is 17.6. The topological polar surface area (TPSA) is 150 Å². The molecule has 0 radical (unpaired) electrons. The van der Waals surface area contributed by atoms with Crippen molar-refractivity contribution in [2.75, 3.05) is 19.0 Å². The van der Waals surface area contributed by atoms with Crippen molar-refractivity contribution in [1.29, 1.82) is 5.41 Å². The molecule has 0 unspecified atom stereocenters. The highest BCUT2D eigenvalue weighted by atomic mass is 16.5. The van der Waals surface area contributed by atoms with Crippen LogP contribution in [0.2, 0.25) is 0 Å². The molecule has 0 aliphatic rings. The molecule has 37 heavy (non-hydrogen) atoms. The van der Waals surface area contributed by atoms with E-state index < -0.39 is 11.9 Å². The third-order valence-corrected chi connectivity index (χ3v) is 5.65. The molecule has 2 aromatic carbocycles. The number of aromatic carboxylic acids is 1. The molecule has 9 nitrogen and oxygen atoms in total. The summed E-state index contributed by atoms with van der Waals surface area (Å²) in [5.41, 5.74) is 9.18. The minimum atomic E-state index is -1.25. The van der Waals surface area contributed by atoms with Crippen LogP contribution in [0.25, 0.3) is 17.2 Å². The fourth-order valence-corrected chi connectivity index (χ4v) is 3.70. The van der Waals surface area contributed by atoms with Crippen LogP contribution < -0.4 is 21.1 Å². The lowest BCUT2D eigenvalue weighted by atomic mass is 9.94. The largest absolute Gasteiger partial charge is 0.496 e. The number of carbonyl (C=O) groups excluding carboxylic acids is 1. The lowest BCUT2D eigenvalue weighted by Crippen LogP contribution is -2.28. The average Bonchev–Trinajstić information content (AvgIpc) is 2.89. The molecule has 6 N–H and O–H groups in total. The van der Waals surface area contributed by atoms with Crippen molar-refractivity contribution in [1.82, 2.24) is 10.3 Å². The number of nitrogens with two attached hydrogens (primary N) is 1. The zero-order valence-corrected chi connectivity index (χ0v) is 21.1. The molecule has 192 valence electrons. The number of anilines is 1. The fraction of sp³-hybridized carbons (Fsp3) is 0.214. The van der Waals surface area contributed by atoms with Crippen LogP contribution in [0.4, 0.5) is 5.69 Å². The first-order valence-corrected chi connectivity index (χ1v) is 11.7. The van der Waals surface area contributed by atoms with E-state index in [-0.39, 0.29) is 23.1 Å². The van der Waals surface area contributed by atoms with Crippen LogP contribution in [0.3, 0.4) is 0 Å². The second kappa shape index (κ2) is 11.9. The van der Waals surface area contributed by atoms with Crippen LogP contribution in [0.15, 0.2) is 55.1 Å². The molecule has 0 saturated carbocycles. The third kappa shape index (κ3) is 6.52. The number of aromatic nitrogens is 1. The first-order valence-electron chi connectivity index (χ1n) is 11.7. The standard InChI is InChI=1S/C28H31N5O4/c1-5-17-12-19(15-31-20-8-6-18(7-9-20)26(29)30)22(13-24(17)37-4)21-10-11-23(33-25(21)28(35)36)27(34)32-14-16(2)3/h5-13,16,31H,1,14-15H2,2-4H3,(H3,29,30)(H,32,34)(H,35,36). The van der Waals surface area contributed by atoms with Gasteiger partial charge in [-0.3, -0.25) is 10.2 Å². The number of carbonyl (C=O) groups is 2. The van der Waals surface area contributed by atoms with E-state index in [1.54, 1.807) is 30.3 Å².